The standard InChI is InChI=1S/C31H34N2O9S/c1-8-40-30(36)27-18(4)32-31-33(28(27)20-10-12-22(42-17(2)3)24(15-20)38-6)29(35)25(43-31)14-19-9-11-21(23(13-19)37-5)41-16-26(34)39-7/h9-15,17,28H,8,16H2,1-7H3/b25-14-/t28-/m0/s1. The number of allylic oxidation sites excluding steroid dienone is 1. The van der Waals surface area contributed by atoms with Gasteiger partial charge in [0.2, 0.25) is 0 Å². The second-order valence-electron chi connectivity index (χ2n) is 9.65. The van der Waals surface area contributed by atoms with Crippen LogP contribution in [0, 0.1) is 0 Å². The fourth-order valence-electron chi connectivity index (χ4n) is 4.55. The monoisotopic (exact) mass is 610 g/mol. The number of hydrogen-bond acceptors (Lipinski definition) is 11. The summed E-state index contributed by atoms with van der Waals surface area (Å²) in [6, 6.07) is 9.58. The van der Waals surface area contributed by atoms with Crippen molar-refractivity contribution < 1.29 is 38.0 Å². The molecule has 0 bridgehead atoms. The van der Waals surface area contributed by atoms with Gasteiger partial charge in [-0.15, -0.1) is 0 Å². The third kappa shape index (κ3) is 6.75. The lowest BCUT2D eigenvalue weighted by atomic mass is 9.95. The quantitative estimate of drug-likeness (QED) is 0.301. The normalized spacial score (nSPS) is 14.6. The Morgan fingerprint density at radius 1 is 1.02 bits per heavy atom. The van der Waals surface area contributed by atoms with Crippen molar-refractivity contribution in [2.24, 2.45) is 4.99 Å². The van der Waals surface area contributed by atoms with Crippen LogP contribution < -0.4 is 33.8 Å². The first-order valence-electron chi connectivity index (χ1n) is 13.5. The molecule has 0 aliphatic carbocycles. The molecule has 1 aromatic heterocycles. The average Bonchev–Trinajstić information content (AvgIpc) is 3.29. The number of nitrogens with zero attached hydrogens (tertiary/aromatic N) is 2. The van der Waals surface area contributed by atoms with Crippen molar-refractivity contribution >= 4 is 29.4 Å². The summed E-state index contributed by atoms with van der Waals surface area (Å²) in [6.45, 7) is 7.16. The van der Waals surface area contributed by atoms with E-state index in [1.54, 1.807) is 56.3 Å². The summed E-state index contributed by atoms with van der Waals surface area (Å²) in [4.78, 5) is 43.7. The van der Waals surface area contributed by atoms with Gasteiger partial charge in [-0.3, -0.25) is 9.36 Å². The van der Waals surface area contributed by atoms with Crippen molar-refractivity contribution in [1.82, 2.24) is 4.57 Å². The zero-order valence-corrected chi connectivity index (χ0v) is 25.9. The zero-order chi connectivity index (χ0) is 31.3. The van der Waals surface area contributed by atoms with E-state index in [0.29, 0.717) is 49.2 Å². The zero-order valence-electron chi connectivity index (χ0n) is 25.1. The van der Waals surface area contributed by atoms with E-state index in [1.807, 2.05) is 13.8 Å². The first kappa shape index (κ1) is 31.4. The van der Waals surface area contributed by atoms with Gasteiger partial charge in [0, 0.05) is 0 Å². The van der Waals surface area contributed by atoms with E-state index in [4.69, 9.17) is 23.7 Å². The number of carbonyl (C=O) groups excluding carboxylic acids is 2. The number of aromatic nitrogens is 1. The average molecular weight is 611 g/mol. The number of hydrogen-bond donors (Lipinski definition) is 0. The molecule has 0 N–H and O–H groups in total. The number of ether oxygens (including phenoxy) is 6. The highest BCUT2D eigenvalue weighted by Crippen LogP contribution is 2.36. The molecule has 0 fully saturated rings. The highest BCUT2D eigenvalue weighted by atomic mass is 32.1. The van der Waals surface area contributed by atoms with E-state index in [1.165, 1.54) is 37.2 Å². The van der Waals surface area contributed by atoms with Gasteiger partial charge in [0.25, 0.3) is 5.56 Å². The third-order valence-corrected chi connectivity index (χ3v) is 7.42. The SMILES string of the molecule is CCOC(=O)C1=C(C)N=c2s/c(=C\c3ccc(OCC(=O)OC)c(OC)c3)c(=O)n2[C@H]1c1ccc(OC(C)C)c(OC)c1. The van der Waals surface area contributed by atoms with Crippen molar-refractivity contribution in [1.29, 1.82) is 0 Å². The molecule has 0 unspecified atom stereocenters. The summed E-state index contributed by atoms with van der Waals surface area (Å²) in [6.07, 6.45) is 1.62. The molecule has 228 valence electrons. The molecule has 1 aliphatic heterocycles. The van der Waals surface area contributed by atoms with E-state index < -0.39 is 18.0 Å². The molecule has 0 saturated carbocycles. The van der Waals surface area contributed by atoms with E-state index in [0.717, 1.165) is 0 Å². The topological polar surface area (TPSA) is 124 Å². The predicted molar refractivity (Wildman–Crippen MR) is 160 cm³/mol. The highest BCUT2D eigenvalue weighted by molar-refractivity contribution is 7.07. The molecule has 4 rings (SSSR count). The van der Waals surface area contributed by atoms with E-state index in [-0.39, 0.29) is 30.5 Å². The van der Waals surface area contributed by atoms with Gasteiger partial charge in [0.05, 0.1) is 55.9 Å². The van der Waals surface area contributed by atoms with Gasteiger partial charge in [-0.2, -0.15) is 0 Å². The molecular formula is C31H34N2O9S. The van der Waals surface area contributed by atoms with Crippen molar-refractivity contribution in [2.45, 2.75) is 39.8 Å². The van der Waals surface area contributed by atoms with Crippen LogP contribution in [0.2, 0.25) is 0 Å². The molecule has 0 amide bonds. The van der Waals surface area contributed by atoms with E-state index in [9.17, 15) is 14.4 Å². The number of fused-ring (bicyclic) bond motifs is 1. The van der Waals surface area contributed by atoms with Crippen LogP contribution in [0.25, 0.3) is 6.08 Å². The number of methoxy groups -OCH3 is 3. The molecule has 12 heteroatoms. The summed E-state index contributed by atoms with van der Waals surface area (Å²) in [5.41, 5.74) is 1.66. The fourth-order valence-corrected chi connectivity index (χ4v) is 5.60. The van der Waals surface area contributed by atoms with Crippen molar-refractivity contribution in [2.75, 3.05) is 34.5 Å². The van der Waals surface area contributed by atoms with Crippen LogP contribution in [0.1, 0.15) is 44.9 Å². The maximum absolute atomic E-state index is 14.0. The van der Waals surface area contributed by atoms with Crippen molar-refractivity contribution in [3.63, 3.8) is 0 Å². The summed E-state index contributed by atoms with van der Waals surface area (Å²) in [7, 11) is 4.28. The Bertz CT molecular complexity index is 1740. The number of thiazole rings is 1. The molecular weight excluding hydrogens is 576 g/mol. The van der Waals surface area contributed by atoms with Crippen LogP contribution in [0.15, 0.2) is 57.5 Å². The van der Waals surface area contributed by atoms with Crippen LogP contribution in [-0.4, -0.2) is 57.2 Å². The molecule has 0 spiro atoms. The molecule has 2 aromatic carbocycles. The molecule has 11 nitrogen and oxygen atoms in total. The van der Waals surface area contributed by atoms with Gasteiger partial charge < -0.3 is 28.4 Å². The van der Waals surface area contributed by atoms with Gasteiger partial charge in [-0.25, -0.2) is 14.6 Å². The largest absolute Gasteiger partial charge is 0.493 e. The predicted octanol–water partition coefficient (Wildman–Crippen LogP) is 3.15. The van der Waals surface area contributed by atoms with Gasteiger partial charge >= 0.3 is 11.9 Å². The van der Waals surface area contributed by atoms with Gasteiger partial charge in [-0.1, -0.05) is 23.5 Å². The Hall–Kier alpha value is -4.58. The summed E-state index contributed by atoms with van der Waals surface area (Å²) < 4.78 is 34.3. The third-order valence-electron chi connectivity index (χ3n) is 6.44. The Morgan fingerprint density at radius 3 is 2.37 bits per heavy atom. The van der Waals surface area contributed by atoms with Gasteiger partial charge in [0.1, 0.15) is 0 Å². The van der Waals surface area contributed by atoms with E-state index >= 15 is 0 Å². The molecule has 0 radical (unpaired) electrons. The van der Waals surface area contributed by atoms with Crippen molar-refractivity contribution in [3.8, 4) is 23.0 Å². The summed E-state index contributed by atoms with van der Waals surface area (Å²) in [5, 5.41) is 0. The minimum Gasteiger partial charge on any atom is -0.493 e. The Balaban J connectivity index is 1.85. The lowest BCUT2D eigenvalue weighted by Gasteiger charge is -2.25. The molecule has 43 heavy (non-hydrogen) atoms. The molecule has 1 aliphatic rings. The Morgan fingerprint density at radius 2 is 1.72 bits per heavy atom. The first-order chi connectivity index (χ1) is 20.6. The van der Waals surface area contributed by atoms with Crippen LogP contribution in [0.5, 0.6) is 23.0 Å². The van der Waals surface area contributed by atoms with Crippen LogP contribution in [-0.2, 0) is 19.1 Å². The summed E-state index contributed by atoms with van der Waals surface area (Å²) >= 11 is 1.20. The number of carbonyl (C=O) groups is 2. The van der Waals surface area contributed by atoms with Crippen LogP contribution in [0.3, 0.4) is 0 Å². The number of rotatable bonds is 11. The highest BCUT2D eigenvalue weighted by Gasteiger charge is 2.34. The lowest BCUT2D eigenvalue weighted by Crippen LogP contribution is -2.40. The second-order valence-corrected chi connectivity index (χ2v) is 10.7. The second kappa shape index (κ2) is 13.6. The van der Waals surface area contributed by atoms with Crippen LogP contribution in [0.4, 0.5) is 0 Å². The number of esters is 2. The molecule has 1 atom stereocenters. The molecule has 0 saturated heterocycles. The first-order valence-corrected chi connectivity index (χ1v) is 14.3. The minimum atomic E-state index is -0.817. The maximum Gasteiger partial charge on any atom is 0.343 e. The smallest absolute Gasteiger partial charge is 0.343 e. The minimum absolute atomic E-state index is 0.0817. The molecule has 2 heterocycles. The lowest BCUT2D eigenvalue weighted by molar-refractivity contribution is -0.143. The molecule has 3 aromatic rings. The summed E-state index contributed by atoms with van der Waals surface area (Å²) in [5.74, 6) is 0.642. The maximum atomic E-state index is 14.0. The fraction of sp³-hybridized carbons (Fsp3) is 0.355. The van der Waals surface area contributed by atoms with E-state index in [2.05, 4.69) is 9.73 Å². The Kier molecular flexibility index (Phi) is 9.92. The number of benzene rings is 2. The van der Waals surface area contributed by atoms with Crippen LogP contribution >= 0.6 is 11.3 Å². The van der Waals surface area contributed by atoms with Gasteiger partial charge in [-0.05, 0) is 69.2 Å². The Labute approximate surface area is 252 Å². The van der Waals surface area contributed by atoms with Crippen molar-refractivity contribution in [3.05, 3.63) is 78.5 Å². The van der Waals surface area contributed by atoms with Gasteiger partial charge in [0.15, 0.2) is 34.4 Å².